The van der Waals surface area contributed by atoms with Crippen LogP contribution in [0.15, 0.2) is 22.8 Å². The van der Waals surface area contributed by atoms with Gasteiger partial charge in [0.2, 0.25) is 0 Å². The lowest BCUT2D eigenvalue weighted by Crippen LogP contribution is -1.96. The van der Waals surface area contributed by atoms with Crippen molar-refractivity contribution in [1.29, 1.82) is 0 Å². The van der Waals surface area contributed by atoms with E-state index >= 15 is 0 Å². The molecule has 1 atom stereocenters. The minimum Gasteiger partial charge on any atom is -0.373 e. The van der Waals surface area contributed by atoms with Crippen molar-refractivity contribution in [1.82, 2.24) is 4.98 Å². The minimum absolute atomic E-state index is 0.418. The monoisotopic (exact) mass is 213 g/mol. The summed E-state index contributed by atoms with van der Waals surface area (Å²) in [7, 11) is 0. The van der Waals surface area contributed by atoms with Crippen molar-refractivity contribution in [2.75, 3.05) is 6.61 Å². The van der Waals surface area contributed by atoms with Crippen LogP contribution >= 0.6 is 15.9 Å². The second kappa shape index (κ2) is 2.91. The Morgan fingerprint density at radius 3 is 3.18 bits per heavy atom. The highest BCUT2D eigenvalue weighted by atomic mass is 79.9. The predicted octanol–water partition coefficient (Wildman–Crippen LogP) is 1.79. The van der Waals surface area contributed by atoms with Gasteiger partial charge >= 0.3 is 0 Å². The molecule has 1 aromatic heterocycles. The number of ether oxygens (including phenoxy) is 1. The summed E-state index contributed by atoms with van der Waals surface area (Å²) >= 11 is 3.43. The van der Waals surface area contributed by atoms with Crippen molar-refractivity contribution in [2.45, 2.75) is 12.5 Å². The summed E-state index contributed by atoms with van der Waals surface area (Å²) in [5.41, 5.74) is 1.09. The molecule has 2 rings (SSSR count). The van der Waals surface area contributed by atoms with Crippen LogP contribution in [0.25, 0.3) is 0 Å². The standard InChI is InChI=1S/C8H8BrNO/c9-7-2-1-3-10-8(7)4-6-5-11-6/h1-3,6H,4-5H2. The van der Waals surface area contributed by atoms with Gasteiger partial charge in [0, 0.05) is 17.1 Å². The predicted molar refractivity (Wildman–Crippen MR) is 45.4 cm³/mol. The van der Waals surface area contributed by atoms with Crippen molar-refractivity contribution in [2.24, 2.45) is 0 Å². The summed E-state index contributed by atoms with van der Waals surface area (Å²) in [5, 5.41) is 0. The SMILES string of the molecule is Brc1cccnc1CC1CO1. The first-order valence-corrected chi connectivity index (χ1v) is 4.36. The van der Waals surface area contributed by atoms with Gasteiger partial charge in [0.05, 0.1) is 18.4 Å². The Balaban J connectivity index is 2.15. The van der Waals surface area contributed by atoms with Crippen LogP contribution < -0.4 is 0 Å². The average molecular weight is 214 g/mol. The zero-order valence-electron chi connectivity index (χ0n) is 5.96. The second-order valence-electron chi connectivity index (χ2n) is 2.59. The van der Waals surface area contributed by atoms with Gasteiger partial charge in [-0.05, 0) is 28.1 Å². The molecule has 3 heteroatoms. The molecule has 2 nitrogen and oxygen atoms in total. The Hall–Kier alpha value is -0.410. The summed E-state index contributed by atoms with van der Waals surface area (Å²) in [6, 6.07) is 3.92. The molecule has 0 aromatic carbocycles. The molecule has 0 N–H and O–H groups in total. The fourth-order valence-corrected chi connectivity index (χ4v) is 1.39. The molecular formula is C8H8BrNO. The van der Waals surface area contributed by atoms with Crippen LogP contribution in [0, 0.1) is 0 Å². The van der Waals surface area contributed by atoms with E-state index in [1.807, 2.05) is 18.3 Å². The van der Waals surface area contributed by atoms with Crippen molar-refractivity contribution < 1.29 is 4.74 Å². The molecule has 0 bridgehead atoms. The molecule has 0 saturated carbocycles. The average Bonchev–Trinajstić information content (AvgIpc) is 2.78. The van der Waals surface area contributed by atoms with E-state index in [1.165, 1.54) is 0 Å². The molecule has 1 fully saturated rings. The van der Waals surface area contributed by atoms with E-state index in [0.717, 1.165) is 23.2 Å². The smallest absolute Gasteiger partial charge is 0.0865 e. The normalized spacial score (nSPS) is 21.7. The molecule has 0 radical (unpaired) electrons. The van der Waals surface area contributed by atoms with Crippen LogP contribution in [0.2, 0.25) is 0 Å². The van der Waals surface area contributed by atoms with Crippen LogP contribution in [0.3, 0.4) is 0 Å². The number of halogens is 1. The maximum atomic E-state index is 5.11. The Labute approximate surface area is 73.7 Å². The van der Waals surface area contributed by atoms with Gasteiger partial charge in [-0.15, -0.1) is 0 Å². The molecule has 58 valence electrons. The molecule has 1 aromatic rings. The number of aromatic nitrogens is 1. The molecular weight excluding hydrogens is 206 g/mol. The fourth-order valence-electron chi connectivity index (χ4n) is 0.970. The number of hydrogen-bond donors (Lipinski definition) is 0. The van der Waals surface area contributed by atoms with Gasteiger partial charge in [-0.2, -0.15) is 0 Å². The van der Waals surface area contributed by atoms with E-state index in [-0.39, 0.29) is 0 Å². The lowest BCUT2D eigenvalue weighted by molar-refractivity contribution is 0.406. The van der Waals surface area contributed by atoms with Gasteiger partial charge in [-0.3, -0.25) is 4.98 Å². The van der Waals surface area contributed by atoms with E-state index in [2.05, 4.69) is 20.9 Å². The van der Waals surface area contributed by atoms with Crippen molar-refractivity contribution in [3.8, 4) is 0 Å². The molecule has 0 amide bonds. The quantitative estimate of drug-likeness (QED) is 0.701. The van der Waals surface area contributed by atoms with E-state index in [4.69, 9.17) is 4.74 Å². The molecule has 1 saturated heterocycles. The van der Waals surface area contributed by atoms with Crippen LogP contribution in [-0.4, -0.2) is 17.7 Å². The summed E-state index contributed by atoms with van der Waals surface area (Å²) in [6.45, 7) is 0.892. The number of epoxide rings is 1. The van der Waals surface area contributed by atoms with Crippen molar-refractivity contribution in [3.63, 3.8) is 0 Å². The molecule has 2 heterocycles. The van der Waals surface area contributed by atoms with E-state index < -0.39 is 0 Å². The summed E-state index contributed by atoms with van der Waals surface area (Å²) < 4.78 is 6.19. The molecule has 0 spiro atoms. The zero-order chi connectivity index (χ0) is 7.68. The zero-order valence-corrected chi connectivity index (χ0v) is 7.54. The first kappa shape index (κ1) is 7.25. The molecule has 1 aliphatic heterocycles. The largest absolute Gasteiger partial charge is 0.373 e. The molecule has 11 heavy (non-hydrogen) atoms. The Bertz CT molecular complexity index is 260. The topological polar surface area (TPSA) is 25.4 Å². The van der Waals surface area contributed by atoms with Crippen molar-refractivity contribution in [3.05, 3.63) is 28.5 Å². The highest BCUT2D eigenvalue weighted by molar-refractivity contribution is 9.10. The highest BCUT2D eigenvalue weighted by Crippen LogP contribution is 2.20. The van der Waals surface area contributed by atoms with Crippen LogP contribution in [0.1, 0.15) is 5.69 Å². The van der Waals surface area contributed by atoms with Gasteiger partial charge in [0.1, 0.15) is 0 Å². The van der Waals surface area contributed by atoms with Crippen molar-refractivity contribution >= 4 is 15.9 Å². The van der Waals surface area contributed by atoms with Gasteiger partial charge < -0.3 is 4.74 Å². The maximum absolute atomic E-state index is 5.11. The van der Waals surface area contributed by atoms with Gasteiger partial charge in [0.25, 0.3) is 0 Å². The van der Waals surface area contributed by atoms with E-state index in [9.17, 15) is 0 Å². The number of pyridine rings is 1. The lowest BCUT2D eigenvalue weighted by Gasteiger charge is -1.98. The third-order valence-corrected chi connectivity index (χ3v) is 2.38. The van der Waals surface area contributed by atoms with Gasteiger partial charge in [0.15, 0.2) is 0 Å². The van der Waals surface area contributed by atoms with Crippen LogP contribution in [0.4, 0.5) is 0 Å². The molecule has 1 unspecified atom stereocenters. The first-order valence-electron chi connectivity index (χ1n) is 3.57. The number of rotatable bonds is 2. The summed E-state index contributed by atoms with van der Waals surface area (Å²) in [4.78, 5) is 4.23. The Morgan fingerprint density at radius 2 is 2.55 bits per heavy atom. The Kier molecular flexibility index (Phi) is 1.92. The second-order valence-corrected chi connectivity index (χ2v) is 3.45. The summed E-state index contributed by atoms with van der Waals surface area (Å²) in [5.74, 6) is 0. The number of hydrogen-bond acceptors (Lipinski definition) is 2. The molecule has 1 aliphatic rings. The maximum Gasteiger partial charge on any atom is 0.0865 e. The third-order valence-electron chi connectivity index (χ3n) is 1.66. The number of nitrogens with zero attached hydrogens (tertiary/aromatic N) is 1. The fraction of sp³-hybridized carbons (Fsp3) is 0.375. The third kappa shape index (κ3) is 1.79. The highest BCUT2D eigenvalue weighted by Gasteiger charge is 2.23. The Morgan fingerprint density at radius 1 is 1.73 bits per heavy atom. The van der Waals surface area contributed by atoms with Gasteiger partial charge in [-0.1, -0.05) is 0 Å². The van der Waals surface area contributed by atoms with Crippen LogP contribution in [-0.2, 0) is 11.2 Å². The van der Waals surface area contributed by atoms with E-state index in [1.54, 1.807) is 0 Å². The molecule has 0 aliphatic carbocycles. The van der Waals surface area contributed by atoms with Crippen LogP contribution in [0.5, 0.6) is 0 Å². The summed E-state index contributed by atoms with van der Waals surface area (Å²) in [6.07, 6.45) is 3.16. The minimum atomic E-state index is 0.418. The first-order chi connectivity index (χ1) is 5.36. The van der Waals surface area contributed by atoms with E-state index in [0.29, 0.717) is 6.10 Å². The van der Waals surface area contributed by atoms with Gasteiger partial charge in [-0.25, -0.2) is 0 Å². The lowest BCUT2D eigenvalue weighted by atomic mass is 10.2.